The van der Waals surface area contributed by atoms with Crippen LogP contribution in [-0.2, 0) is 14.3 Å². The first-order valence-corrected chi connectivity index (χ1v) is 7.41. The first-order valence-electron chi connectivity index (χ1n) is 7.41. The highest BCUT2D eigenvalue weighted by Crippen LogP contribution is 2.21. The van der Waals surface area contributed by atoms with E-state index in [9.17, 15) is 9.59 Å². The second-order valence-corrected chi connectivity index (χ2v) is 5.18. The Hall–Kier alpha value is -1.14. The van der Waals surface area contributed by atoms with Gasteiger partial charge in [0.15, 0.2) is 0 Å². The van der Waals surface area contributed by atoms with Crippen molar-refractivity contribution in [2.45, 2.75) is 45.1 Å². The minimum atomic E-state index is -0.887. The predicted molar refractivity (Wildman–Crippen MR) is 75.3 cm³/mol. The normalized spacial score (nSPS) is 21.9. The number of ether oxygens (including phenoxy) is 1. The molecule has 0 aromatic heterocycles. The van der Waals surface area contributed by atoms with E-state index < -0.39 is 11.9 Å². The summed E-state index contributed by atoms with van der Waals surface area (Å²) in [6.07, 6.45) is 4.33. The number of nitrogens with two attached hydrogens (primary N) is 1. The van der Waals surface area contributed by atoms with Gasteiger partial charge in [0.05, 0.1) is 19.3 Å². The van der Waals surface area contributed by atoms with Gasteiger partial charge < -0.3 is 20.5 Å². The van der Waals surface area contributed by atoms with Gasteiger partial charge >= 0.3 is 5.97 Å². The highest BCUT2D eigenvalue weighted by atomic mass is 16.5. The van der Waals surface area contributed by atoms with E-state index in [4.69, 9.17) is 15.6 Å². The fourth-order valence-corrected chi connectivity index (χ4v) is 2.60. The minimum Gasteiger partial charge on any atom is -0.481 e. The van der Waals surface area contributed by atoms with Crippen molar-refractivity contribution in [1.82, 2.24) is 4.90 Å². The van der Waals surface area contributed by atoms with Gasteiger partial charge in [-0.2, -0.15) is 0 Å². The van der Waals surface area contributed by atoms with Gasteiger partial charge in [0, 0.05) is 13.0 Å². The number of carbonyl (C=O) groups is 2. The van der Waals surface area contributed by atoms with Crippen LogP contribution in [0, 0.1) is 5.92 Å². The summed E-state index contributed by atoms with van der Waals surface area (Å²) in [5.41, 5.74) is 5.42. The molecule has 2 unspecified atom stereocenters. The van der Waals surface area contributed by atoms with Crippen LogP contribution in [0.4, 0.5) is 0 Å². The van der Waals surface area contributed by atoms with Crippen LogP contribution in [-0.4, -0.2) is 54.2 Å². The smallest absolute Gasteiger partial charge is 0.311 e. The van der Waals surface area contributed by atoms with Crippen LogP contribution in [0.15, 0.2) is 0 Å². The summed E-state index contributed by atoms with van der Waals surface area (Å²) in [7, 11) is 0. The van der Waals surface area contributed by atoms with E-state index >= 15 is 0 Å². The monoisotopic (exact) mass is 286 g/mol. The van der Waals surface area contributed by atoms with Crippen LogP contribution in [0.1, 0.15) is 39.0 Å². The highest BCUT2D eigenvalue weighted by molar-refractivity contribution is 5.78. The van der Waals surface area contributed by atoms with Crippen molar-refractivity contribution in [3.8, 4) is 0 Å². The maximum absolute atomic E-state index is 12.2. The molecule has 1 aliphatic rings. The highest BCUT2D eigenvalue weighted by Gasteiger charge is 2.39. The Morgan fingerprint density at radius 1 is 1.25 bits per heavy atom. The molecule has 2 atom stereocenters. The fourth-order valence-electron chi connectivity index (χ4n) is 2.60. The van der Waals surface area contributed by atoms with Gasteiger partial charge in [0.25, 0.3) is 0 Å². The van der Waals surface area contributed by atoms with Crippen molar-refractivity contribution in [1.29, 1.82) is 0 Å². The van der Waals surface area contributed by atoms with E-state index in [0.717, 1.165) is 25.7 Å². The van der Waals surface area contributed by atoms with Crippen LogP contribution in [0.25, 0.3) is 0 Å². The summed E-state index contributed by atoms with van der Waals surface area (Å²) >= 11 is 0. The predicted octanol–water partition coefficient (Wildman–Crippen LogP) is 0.844. The Balaban J connectivity index is 2.44. The molecule has 0 aromatic rings. The molecule has 6 nitrogen and oxygen atoms in total. The number of carbonyl (C=O) groups excluding carboxylic acids is 1. The summed E-state index contributed by atoms with van der Waals surface area (Å²) < 4.78 is 5.23. The maximum atomic E-state index is 12.2. The molecule has 1 rings (SSSR count). The van der Waals surface area contributed by atoms with E-state index in [1.807, 2.05) is 6.92 Å². The average Bonchev–Trinajstić information content (AvgIpc) is 2.89. The lowest BCUT2D eigenvalue weighted by atomic mass is 10.0. The molecule has 116 valence electrons. The van der Waals surface area contributed by atoms with Crippen LogP contribution >= 0.6 is 0 Å². The van der Waals surface area contributed by atoms with Crippen molar-refractivity contribution in [2.75, 3.05) is 26.3 Å². The zero-order valence-corrected chi connectivity index (χ0v) is 12.2. The lowest BCUT2D eigenvalue weighted by Crippen LogP contribution is -2.46. The number of nitrogens with zero attached hydrogens (tertiary/aromatic N) is 1. The number of carboxylic acids is 1. The molecule has 0 radical (unpaired) electrons. The zero-order chi connectivity index (χ0) is 15.0. The molecule has 20 heavy (non-hydrogen) atoms. The van der Waals surface area contributed by atoms with E-state index in [1.165, 1.54) is 0 Å². The van der Waals surface area contributed by atoms with Crippen LogP contribution in [0.5, 0.6) is 0 Å². The third kappa shape index (κ3) is 4.76. The molecule has 1 amide bonds. The van der Waals surface area contributed by atoms with Crippen molar-refractivity contribution >= 4 is 11.9 Å². The molecule has 1 heterocycles. The van der Waals surface area contributed by atoms with Crippen LogP contribution in [0.2, 0.25) is 0 Å². The molecule has 3 N–H and O–H groups in total. The van der Waals surface area contributed by atoms with Crippen molar-refractivity contribution in [3.63, 3.8) is 0 Å². The first-order chi connectivity index (χ1) is 9.61. The molecule has 1 saturated heterocycles. The summed E-state index contributed by atoms with van der Waals surface area (Å²) in [5, 5.41) is 9.15. The van der Waals surface area contributed by atoms with Gasteiger partial charge in [-0.1, -0.05) is 12.8 Å². The quantitative estimate of drug-likeness (QED) is 0.613. The third-order valence-corrected chi connectivity index (χ3v) is 3.77. The molecule has 0 bridgehead atoms. The van der Waals surface area contributed by atoms with Gasteiger partial charge in [-0.25, -0.2) is 0 Å². The van der Waals surface area contributed by atoms with Gasteiger partial charge in [0.2, 0.25) is 5.91 Å². The van der Waals surface area contributed by atoms with Crippen molar-refractivity contribution in [2.24, 2.45) is 11.7 Å². The Labute approximate surface area is 120 Å². The van der Waals surface area contributed by atoms with Gasteiger partial charge in [-0.3, -0.25) is 9.59 Å². The molecular weight excluding hydrogens is 260 g/mol. The van der Waals surface area contributed by atoms with Crippen molar-refractivity contribution < 1.29 is 19.4 Å². The second kappa shape index (κ2) is 8.92. The zero-order valence-electron chi connectivity index (χ0n) is 12.2. The van der Waals surface area contributed by atoms with Gasteiger partial charge in [-0.15, -0.1) is 0 Å². The Morgan fingerprint density at radius 2 is 1.95 bits per heavy atom. The van der Waals surface area contributed by atoms with Crippen LogP contribution < -0.4 is 5.73 Å². The van der Waals surface area contributed by atoms with Crippen molar-refractivity contribution in [3.05, 3.63) is 0 Å². The molecule has 6 heteroatoms. The standard InChI is InChI=1S/C14H26N2O4/c1-2-16(12-10-20-9-11(12)14(18)19)13(17)7-5-3-4-6-8-15/h11-12H,2-10,15H2,1H3,(H,18,19). The Morgan fingerprint density at radius 3 is 2.55 bits per heavy atom. The molecular formula is C14H26N2O4. The Bertz CT molecular complexity index is 322. The molecule has 0 spiro atoms. The number of hydrogen-bond donors (Lipinski definition) is 2. The number of likely N-dealkylation sites (N-methyl/N-ethyl adjacent to an activating group) is 1. The number of carboxylic acid groups (broad SMARTS) is 1. The summed E-state index contributed by atoms with van der Waals surface area (Å²) in [4.78, 5) is 25.0. The van der Waals surface area contributed by atoms with E-state index in [0.29, 0.717) is 26.1 Å². The fraction of sp³-hybridized carbons (Fsp3) is 0.857. The van der Waals surface area contributed by atoms with E-state index in [1.54, 1.807) is 4.90 Å². The number of rotatable bonds is 9. The lowest BCUT2D eigenvalue weighted by molar-refractivity contribution is -0.145. The lowest BCUT2D eigenvalue weighted by Gasteiger charge is -2.29. The van der Waals surface area contributed by atoms with E-state index in [2.05, 4.69) is 0 Å². The third-order valence-electron chi connectivity index (χ3n) is 3.77. The van der Waals surface area contributed by atoms with E-state index in [-0.39, 0.29) is 18.6 Å². The van der Waals surface area contributed by atoms with Gasteiger partial charge in [-0.05, 0) is 26.3 Å². The maximum Gasteiger partial charge on any atom is 0.311 e. The van der Waals surface area contributed by atoms with Gasteiger partial charge in [0.1, 0.15) is 5.92 Å². The summed E-state index contributed by atoms with van der Waals surface area (Å²) in [6, 6.07) is -0.325. The number of amides is 1. The Kier molecular flexibility index (Phi) is 7.54. The second-order valence-electron chi connectivity index (χ2n) is 5.18. The topological polar surface area (TPSA) is 92.9 Å². The first kappa shape index (κ1) is 16.9. The molecule has 1 aliphatic heterocycles. The summed E-state index contributed by atoms with van der Waals surface area (Å²) in [6.45, 7) is 3.61. The SMILES string of the molecule is CCN(C(=O)CCCCCCN)C1COCC1C(=O)O. The molecule has 0 saturated carbocycles. The molecule has 0 aromatic carbocycles. The average molecular weight is 286 g/mol. The molecule has 1 fully saturated rings. The number of aliphatic carboxylic acids is 1. The molecule has 0 aliphatic carbocycles. The number of hydrogen-bond acceptors (Lipinski definition) is 4. The largest absolute Gasteiger partial charge is 0.481 e. The van der Waals surface area contributed by atoms with Crippen LogP contribution in [0.3, 0.4) is 0 Å². The minimum absolute atomic E-state index is 0.0296. The summed E-state index contributed by atoms with van der Waals surface area (Å²) in [5.74, 6) is -1.46. The number of unbranched alkanes of at least 4 members (excludes halogenated alkanes) is 3.